The monoisotopic (exact) mass is 347 g/mol. The van der Waals surface area contributed by atoms with Gasteiger partial charge in [-0.25, -0.2) is 4.98 Å². The molecular weight excluding hydrogens is 326 g/mol. The highest BCUT2D eigenvalue weighted by Crippen LogP contribution is 2.50. The van der Waals surface area contributed by atoms with Crippen molar-refractivity contribution in [3.8, 4) is 0 Å². The predicted octanol–water partition coefficient (Wildman–Crippen LogP) is 3.27. The predicted molar refractivity (Wildman–Crippen MR) is 95.5 cm³/mol. The fraction of sp³-hybridized carbons (Fsp3) is 0.529. The van der Waals surface area contributed by atoms with Gasteiger partial charge in [-0.05, 0) is 32.4 Å². The molecule has 0 spiro atoms. The van der Waals surface area contributed by atoms with Crippen molar-refractivity contribution in [2.45, 2.75) is 26.2 Å². The van der Waals surface area contributed by atoms with E-state index >= 15 is 0 Å². The van der Waals surface area contributed by atoms with Crippen molar-refractivity contribution in [3.63, 3.8) is 0 Å². The van der Waals surface area contributed by atoms with Gasteiger partial charge in [-0.3, -0.25) is 4.79 Å². The van der Waals surface area contributed by atoms with E-state index in [2.05, 4.69) is 40.8 Å². The summed E-state index contributed by atoms with van der Waals surface area (Å²) in [6.07, 6.45) is 2.96. The van der Waals surface area contributed by atoms with Crippen LogP contribution < -0.4 is 4.90 Å². The van der Waals surface area contributed by atoms with Crippen LogP contribution in [0.3, 0.4) is 0 Å². The van der Waals surface area contributed by atoms with E-state index in [-0.39, 0.29) is 5.92 Å². The molecule has 2 aromatic rings. The Morgan fingerprint density at radius 3 is 2.52 bits per heavy atom. The number of piperazine rings is 1. The van der Waals surface area contributed by atoms with Crippen molar-refractivity contribution in [2.24, 2.45) is 5.92 Å². The van der Waals surface area contributed by atoms with Crippen LogP contribution in [-0.2, 0) is 4.79 Å². The molecule has 23 heavy (non-hydrogen) atoms. The molecule has 3 heterocycles. The molecule has 1 aliphatic carbocycles. The normalized spacial score (nSPS) is 24.1. The van der Waals surface area contributed by atoms with Crippen molar-refractivity contribution in [1.82, 2.24) is 9.88 Å². The maximum Gasteiger partial charge on any atom is 0.226 e. The van der Waals surface area contributed by atoms with Gasteiger partial charge in [0.15, 0.2) is 5.13 Å². The number of carbonyl (C=O) groups is 1. The van der Waals surface area contributed by atoms with E-state index in [4.69, 9.17) is 0 Å². The van der Waals surface area contributed by atoms with Gasteiger partial charge in [0.05, 0.1) is 0 Å². The zero-order valence-electron chi connectivity index (χ0n) is 13.5. The summed E-state index contributed by atoms with van der Waals surface area (Å²) in [6.45, 7) is 7.66. The molecule has 0 unspecified atom stereocenters. The number of aromatic nitrogens is 1. The van der Waals surface area contributed by atoms with E-state index in [0.29, 0.717) is 11.8 Å². The summed E-state index contributed by atoms with van der Waals surface area (Å²) in [5.41, 5.74) is 0. The van der Waals surface area contributed by atoms with Gasteiger partial charge in [-0.1, -0.05) is 0 Å². The molecule has 4 nitrogen and oxygen atoms in total. The largest absolute Gasteiger partial charge is 0.345 e. The number of thiophene rings is 1. The van der Waals surface area contributed by atoms with Crippen LogP contribution in [0.15, 0.2) is 18.3 Å². The summed E-state index contributed by atoms with van der Waals surface area (Å²) in [5, 5.41) is 1.09. The quantitative estimate of drug-likeness (QED) is 0.855. The zero-order valence-corrected chi connectivity index (χ0v) is 15.1. The first-order chi connectivity index (χ1) is 11.1. The van der Waals surface area contributed by atoms with Crippen molar-refractivity contribution < 1.29 is 4.79 Å². The lowest BCUT2D eigenvalue weighted by molar-refractivity contribution is -0.132. The van der Waals surface area contributed by atoms with E-state index in [9.17, 15) is 4.79 Å². The van der Waals surface area contributed by atoms with Crippen molar-refractivity contribution in [2.75, 3.05) is 31.1 Å². The summed E-state index contributed by atoms with van der Waals surface area (Å²) in [5.74, 6) is 1.05. The molecule has 1 saturated carbocycles. The van der Waals surface area contributed by atoms with E-state index < -0.39 is 0 Å². The standard InChI is InChI=1S/C17H21N3OS2/c1-11-3-4-15(22-11)13-9-14(13)16(21)19-5-7-20(8-6-19)17-18-10-12(2)23-17/h3-4,10,13-14H,5-9H2,1-2H3/t13-,14-/m0/s1. The molecule has 6 heteroatoms. The summed E-state index contributed by atoms with van der Waals surface area (Å²) in [6, 6.07) is 4.36. The lowest BCUT2D eigenvalue weighted by Crippen LogP contribution is -2.49. The maximum absolute atomic E-state index is 12.7. The molecule has 1 amide bonds. The molecule has 0 bridgehead atoms. The Morgan fingerprint density at radius 2 is 1.91 bits per heavy atom. The Balaban J connectivity index is 1.33. The van der Waals surface area contributed by atoms with Crippen molar-refractivity contribution >= 4 is 33.7 Å². The highest BCUT2D eigenvalue weighted by Gasteiger charge is 2.46. The molecule has 2 fully saturated rings. The van der Waals surface area contributed by atoms with Crippen LogP contribution in [0.4, 0.5) is 5.13 Å². The zero-order chi connectivity index (χ0) is 16.0. The molecule has 2 atom stereocenters. The minimum Gasteiger partial charge on any atom is -0.345 e. The average Bonchev–Trinajstić information content (AvgIpc) is 3.05. The van der Waals surface area contributed by atoms with Gasteiger partial charge in [-0.2, -0.15) is 0 Å². The molecule has 0 radical (unpaired) electrons. The molecule has 122 valence electrons. The fourth-order valence-electron chi connectivity index (χ4n) is 3.28. The number of thiazole rings is 1. The van der Waals surface area contributed by atoms with Crippen LogP contribution >= 0.6 is 22.7 Å². The fourth-order valence-corrected chi connectivity index (χ4v) is 5.14. The summed E-state index contributed by atoms with van der Waals surface area (Å²) in [7, 11) is 0. The molecule has 2 aromatic heterocycles. The van der Waals surface area contributed by atoms with Gasteiger partial charge in [0, 0.05) is 58.8 Å². The first-order valence-corrected chi connectivity index (χ1v) is 9.77. The van der Waals surface area contributed by atoms with Crippen LogP contribution in [0.1, 0.15) is 27.0 Å². The lowest BCUT2D eigenvalue weighted by atomic mass is 10.2. The second kappa shape index (κ2) is 5.91. The van der Waals surface area contributed by atoms with E-state index in [1.54, 1.807) is 11.3 Å². The van der Waals surface area contributed by atoms with Gasteiger partial charge in [0.2, 0.25) is 5.91 Å². The molecule has 1 saturated heterocycles. The van der Waals surface area contributed by atoms with Crippen molar-refractivity contribution in [1.29, 1.82) is 0 Å². The number of rotatable bonds is 3. The minimum atomic E-state index is 0.224. The Labute approximate surface area is 144 Å². The Morgan fingerprint density at radius 1 is 1.13 bits per heavy atom. The first kappa shape index (κ1) is 15.1. The van der Waals surface area contributed by atoms with Gasteiger partial charge in [-0.15, -0.1) is 22.7 Å². The summed E-state index contributed by atoms with van der Waals surface area (Å²) >= 11 is 3.58. The highest BCUT2D eigenvalue weighted by molar-refractivity contribution is 7.15. The average molecular weight is 348 g/mol. The van der Waals surface area contributed by atoms with Gasteiger partial charge in [0.25, 0.3) is 0 Å². The number of hydrogen-bond donors (Lipinski definition) is 0. The minimum absolute atomic E-state index is 0.224. The molecular formula is C17H21N3OS2. The number of anilines is 1. The Bertz CT molecular complexity index is 715. The number of aryl methyl sites for hydroxylation is 2. The van der Waals surface area contributed by atoms with Crippen LogP contribution in [0.5, 0.6) is 0 Å². The third-order valence-electron chi connectivity index (χ3n) is 4.71. The van der Waals surface area contributed by atoms with Crippen LogP contribution in [0.25, 0.3) is 0 Å². The molecule has 0 N–H and O–H groups in total. The summed E-state index contributed by atoms with van der Waals surface area (Å²) < 4.78 is 0. The van der Waals surface area contributed by atoms with E-state index in [1.807, 2.05) is 17.5 Å². The number of nitrogens with zero attached hydrogens (tertiary/aromatic N) is 3. The van der Waals surface area contributed by atoms with Crippen LogP contribution in [0.2, 0.25) is 0 Å². The topological polar surface area (TPSA) is 36.4 Å². The van der Waals surface area contributed by atoms with E-state index in [0.717, 1.165) is 37.7 Å². The van der Waals surface area contributed by atoms with Gasteiger partial charge in [0.1, 0.15) is 0 Å². The molecule has 1 aliphatic heterocycles. The Hall–Kier alpha value is -1.40. The van der Waals surface area contributed by atoms with Crippen LogP contribution in [0, 0.1) is 19.8 Å². The molecule has 4 rings (SSSR count). The maximum atomic E-state index is 12.7. The number of hydrogen-bond acceptors (Lipinski definition) is 5. The van der Waals surface area contributed by atoms with Gasteiger partial charge < -0.3 is 9.80 Å². The Kier molecular flexibility index (Phi) is 3.89. The van der Waals surface area contributed by atoms with Crippen molar-refractivity contribution in [3.05, 3.63) is 33.0 Å². The third-order valence-corrected chi connectivity index (χ3v) is 6.81. The second-order valence-electron chi connectivity index (χ2n) is 6.46. The highest BCUT2D eigenvalue weighted by atomic mass is 32.1. The van der Waals surface area contributed by atoms with Gasteiger partial charge >= 0.3 is 0 Å². The molecule has 2 aliphatic rings. The first-order valence-electron chi connectivity index (χ1n) is 8.14. The van der Waals surface area contributed by atoms with E-state index in [1.165, 1.54) is 14.6 Å². The summed E-state index contributed by atoms with van der Waals surface area (Å²) in [4.78, 5) is 25.5. The lowest BCUT2D eigenvalue weighted by Gasteiger charge is -2.34. The van der Waals surface area contributed by atoms with Crippen LogP contribution in [-0.4, -0.2) is 42.0 Å². The number of amides is 1. The SMILES string of the molecule is Cc1ccc([C@H]2C[C@@H]2C(=O)N2CCN(c3ncc(C)s3)CC2)s1. The molecule has 0 aromatic carbocycles. The third kappa shape index (κ3) is 3.02. The number of carbonyl (C=O) groups excluding carboxylic acids is 1. The second-order valence-corrected chi connectivity index (χ2v) is 9.00. The smallest absolute Gasteiger partial charge is 0.226 e.